The lowest BCUT2D eigenvalue weighted by Crippen LogP contribution is -2.13. The highest BCUT2D eigenvalue weighted by Crippen LogP contribution is 2.46. The van der Waals surface area contributed by atoms with Crippen LogP contribution >= 0.6 is 11.3 Å². The van der Waals surface area contributed by atoms with Gasteiger partial charge >= 0.3 is 0 Å². The third-order valence-corrected chi connectivity index (χ3v) is 13.0. The van der Waals surface area contributed by atoms with Crippen molar-refractivity contribution in [2.24, 2.45) is 0 Å². The molecule has 58 heavy (non-hydrogen) atoms. The van der Waals surface area contributed by atoms with E-state index < -0.39 is 0 Å². The van der Waals surface area contributed by atoms with Crippen molar-refractivity contribution in [3.8, 4) is 51.0 Å². The van der Waals surface area contributed by atoms with Crippen molar-refractivity contribution < 1.29 is 0 Å². The van der Waals surface area contributed by atoms with Crippen molar-refractivity contribution in [2.45, 2.75) is 12.3 Å². The minimum atomic E-state index is 0.157. The summed E-state index contributed by atoms with van der Waals surface area (Å²) < 4.78 is 4.89. The first-order valence-electron chi connectivity index (χ1n) is 19.8. The van der Waals surface area contributed by atoms with Crippen LogP contribution in [0, 0.1) is 0 Å². The predicted molar refractivity (Wildman–Crippen MR) is 241 cm³/mol. The number of hydrogen-bond donors (Lipinski definition) is 0. The average molecular weight is 759 g/mol. The first-order valence-corrected chi connectivity index (χ1v) is 20.6. The number of para-hydroxylation sites is 2. The van der Waals surface area contributed by atoms with E-state index in [0.717, 1.165) is 23.1 Å². The molecule has 12 rings (SSSR count). The summed E-state index contributed by atoms with van der Waals surface area (Å²) in [6, 6.07) is 67.6. The molecule has 1 aliphatic rings. The van der Waals surface area contributed by atoms with E-state index in [-0.39, 0.29) is 5.92 Å². The Morgan fingerprint density at radius 1 is 0.448 bits per heavy atom. The molecule has 0 amide bonds. The van der Waals surface area contributed by atoms with E-state index in [9.17, 15) is 0 Å². The van der Waals surface area contributed by atoms with E-state index in [1.165, 1.54) is 75.5 Å². The van der Waals surface area contributed by atoms with Crippen LogP contribution in [0.15, 0.2) is 188 Å². The summed E-state index contributed by atoms with van der Waals surface area (Å²) in [5.41, 5.74) is 13.1. The van der Waals surface area contributed by atoms with Crippen LogP contribution in [0.1, 0.15) is 22.6 Å². The first-order chi connectivity index (χ1) is 28.7. The fraction of sp³-hybridized carbons (Fsp3) is 0.0377. The molecule has 272 valence electrons. The Labute approximate surface area is 339 Å². The summed E-state index contributed by atoms with van der Waals surface area (Å²) in [5.74, 6) is 2.17. The van der Waals surface area contributed by atoms with Gasteiger partial charge in [0.2, 0.25) is 0 Å². The van der Waals surface area contributed by atoms with Gasteiger partial charge in [0.25, 0.3) is 0 Å². The molecule has 0 spiro atoms. The molecule has 0 aliphatic heterocycles. The summed E-state index contributed by atoms with van der Waals surface area (Å²) in [5, 5.41) is 4.96. The molecule has 0 saturated carbocycles. The van der Waals surface area contributed by atoms with Gasteiger partial charge in [0.1, 0.15) is 0 Å². The maximum absolute atomic E-state index is 5.27. The molecule has 1 aliphatic carbocycles. The molecule has 0 N–H and O–H groups in total. The molecule has 0 fully saturated rings. The average Bonchev–Trinajstić information content (AvgIpc) is 3.84. The lowest BCUT2D eigenvalue weighted by atomic mass is 9.75. The van der Waals surface area contributed by atoms with E-state index in [2.05, 4.69) is 174 Å². The molecular weight excluding hydrogens is 725 g/mol. The SMILES string of the molecule is c1ccc(-c2nc(-c3cccc(C4Cc5cc6c7ccccc7n(-c7ccccc7)c6cc5-c5ccccc54)c3)nc(-c3cccc4sc5ccccc5c34)n2)cc1. The topological polar surface area (TPSA) is 43.6 Å². The normalized spacial score (nSPS) is 13.6. The summed E-state index contributed by atoms with van der Waals surface area (Å²) >= 11 is 1.81. The van der Waals surface area contributed by atoms with E-state index in [4.69, 9.17) is 15.0 Å². The number of benzene rings is 8. The van der Waals surface area contributed by atoms with E-state index in [0.29, 0.717) is 17.5 Å². The van der Waals surface area contributed by atoms with Crippen LogP contribution in [0.5, 0.6) is 0 Å². The smallest absolute Gasteiger partial charge is 0.164 e. The number of nitrogens with zero attached hydrogens (tertiary/aromatic N) is 4. The van der Waals surface area contributed by atoms with Crippen molar-refractivity contribution in [2.75, 3.05) is 0 Å². The first kappa shape index (κ1) is 33.0. The second-order valence-electron chi connectivity index (χ2n) is 15.1. The molecule has 5 heteroatoms. The monoisotopic (exact) mass is 758 g/mol. The fourth-order valence-corrected chi connectivity index (χ4v) is 10.3. The summed E-state index contributed by atoms with van der Waals surface area (Å²) in [7, 11) is 0. The molecule has 3 heterocycles. The van der Waals surface area contributed by atoms with E-state index in [1.807, 2.05) is 29.5 Å². The minimum Gasteiger partial charge on any atom is -0.309 e. The molecule has 8 aromatic carbocycles. The number of thiophene rings is 1. The third-order valence-electron chi connectivity index (χ3n) is 11.8. The van der Waals surface area contributed by atoms with Crippen molar-refractivity contribution in [3.63, 3.8) is 0 Å². The zero-order chi connectivity index (χ0) is 38.2. The minimum absolute atomic E-state index is 0.157. The Bertz CT molecular complexity index is 3380. The van der Waals surface area contributed by atoms with Crippen LogP contribution in [0.3, 0.4) is 0 Å². The van der Waals surface area contributed by atoms with Crippen molar-refractivity contribution >= 4 is 53.3 Å². The molecule has 0 bridgehead atoms. The Balaban J connectivity index is 1.01. The van der Waals surface area contributed by atoms with Gasteiger partial charge in [-0.1, -0.05) is 140 Å². The molecule has 1 unspecified atom stereocenters. The number of hydrogen-bond acceptors (Lipinski definition) is 4. The predicted octanol–water partition coefficient (Wildman–Crippen LogP) is 13.7. The Hall–Kier alpha value is -7.21. The second kappa shape index (κ2) is 13.2. The highest BCUT2D eigenvalue weighted by molar-refractivity contribution is 7.25. The van der Waals surface area contributed by atoms with Gasteiger partial charge in [-0.25, -0.2) is 15.0 Å². The van der Waals surface area contributed by atoms with Gasteiger partial charge in [-0.2, -0.15) is 0 Å². The maximum atomic E-state index is 5.27. The van der Waals surface area contributed by atoms with Crippen LogP contribution in [0.25, 0.3) is 93.0 Å². The standard InChI is InChI=1S/C53H34N4S/c1-3-15-33(16-4-1)51-54-52(56-53(55-51)42-25-14-28-49-50(42)41-24-10-12-27-48(41)58-49)35-18-13-17-34(29-35)43-30-36-31-45-40-23-9-11-26-46(40)57(37-19-5-2-6-20-37)47(45)32-44(36)39-22-8-7-21-38(39)43/h1-29,31-32,43H,30H2. The van der Waals surface area contributed by atoms with Crippen LogP contribution in [-0.4, -0.2) is 19.5 Å². The summed E-state index contributed by atoms with van der Waals surface area (Å²) in [4.78, 5) is 15.6. The van der Waals surface area contributed by atoms with Gasteiger partial charge in [-0.3, -0.25) is 0 Å². The summed E-state index contributed by atoms with van der Waals surface area (Å²) in [6.45, 7) is 0. The van der Waals surface area contributed by atoms with Gasteiger partial charge in [0.15, 0.2) is 17.5 Å². The highest BCUT2D eigenvalue weighted by Gasteiger charge is 2.28. The van der Waals surface area contributed by atoms with Gasteiger partial charge in [0, 0.05) is 59.2 Å². The Morgan fingerprint density at radius 3 is 1.98 bits per heavy atom. The zero-order valence-corrected chi connectivity index (χ0v) is 32.2. The van der Waals surface area contributed by atoms with Crippen molar-refractivity contribution in [3.05, 3.63) is 205 Å². The second-order valence-corrected chi connectivity index (χ2v) is 16.2. The highest BCUT2D eigenvalue weighted by atomic mass is 32.1. The van der Waals surface area contributed by atoms with Gasteiger partial charge in [0.05, 0.1) is 11.0 Å². The van der Waals surface area contributed by atoms with E-state index >= 15 is 0 Å². The van der Waals surface area contributed by atoms with Gasteiger partial charge in [-0.05, 0) is 82.8 Å². The number of rotatable bonds is 5. The lowest BCUT2D eigenvalue weighted by Gasteiger charge is -2.29. The van der Waals surface area contributed by atoms with Crippen LogP contribution in [-0.2, 0) is 6.42 Å². The maximum Gasteiger partial charge on any atom is 0.164 e. The summed E-state index contributed by atoms with van der Waals surface area (Å²) in [6.07, 6.45) is 0.890. The molecule has 0 saturated heterocycles. The lowest BCUT2D eigenvalue weighted by molar-refractivity contribution is 0.795. The third kappa shape index (κ3) is 5.24. The Kier molecular flexibility index (Phi) is 7.50. The molecule has 4 nitrogen and oxygen atoms in total. The quantitative estimate of drug-likeness (QED) is 0.176. The largest absolute Gasteiger partial charge is 0.309 e. The fourth-order valence-electron chi connectivity index (χ4n) is 9.21. The van der Waals surface area contributed by atoms with Crippen molar-refractivity contribution in [1.82, 2.24) is 19.5 Å². The molecule has 11 aromatic rings. The number of fused-ring (bicyclic) bond motifs is 9. The van der Waals surface area contributed by atoms with Gasteiger partial charge in [-0.15, -0.1) is 11.3 Å². The van der Waals surface area contributed by atoms with Crippen LogP contribution in [0.2, 0.25) is 0 Å². The number of aromatic nitrogens is 4. The molecule has 3 aromatic heterocycles. The van der Waals surface area contributed by atoms with E-state index in [1.54, 1.807) is 0 Å². The van der Waals surface area contributed by atoms with Crippen molar-refractivity contribution in [1.29, 1.82) is 0 Å². The molecular formula is C53H34N4S. The van der Waals surface area contributed by atoms with Gasteiger partial charge < -0.3 is 4.57 Å². The molecule has 1 atom stereocenters. The van der Waals surface area contributed by atoms with Crippen LogP contribution < -0.4 is 0 Å². The zero-order valence-electron chi connectivity index (χ0n) is 31.4. The molecule has 0 radical (unpaired) electrons. The Morgan fingerprint density at radius 2 is 1.10 bits per heavy atom. The van der Waals surface area contributed by atoms with Crippen LogP contribution in [0.4, 0.5) is 0 Å².